The highest BCUT2D eigenvalue weighted by atomic mass is 28.4. The average molecular weight is 529 g/mol. The first kappa shape index (κ1) is 29.8. The van der Waals surface area contributed by atoms with Gasteiger partial charge in [0.25, 0.3) is 0 Å². The largest absolute Gasteiger partial charge is 0.497 e. The Bertz CT molecular complexity index is 925. The van der Waals surface area contributed by atoms with Gasteiger partial charge in [-0.2, -0.15) is 0 Å². The van der Waals surface area contributed by atoms with Crippen molar-refractivity contribution >= 4 is 8.32 Å². The van der Waals surface area contributed by atoms with E-state index in [1.54, 1.807) is 7.11 Å². The molecule has 0 bridgehead atoms. The first-order chi connectivity index (χ1) is 17.5. The lowest BCUT2D eigenvalue weighted by atomic mass is 9.90. The molecule has 1 aliphatic rings. The van der Waals surface area contributed by atoms with E-state index in [-0.39, 0.29) is 22.8 Å². The average Bonchev–Trinajstić information content (AvgIpc) is 3.01. The van der Waals surface area contributed by atoms with E-state index in [2.05, 4.69) is 65.1 Å². The third kappa shape index (κ3) is 8.93. The molecule has 1 aliphatic heterocycles. The monoisotopic (exact) mass is 528 g/mol. The van der Waals surface area contributed by atoms with Crippen LogP contribution in [-0.2, 0) is 31.9 Å². The van der Waals surface area contributed by atoms with Gasteiger partial charge in [-0.25, -0.2) is 0 Å². The second-order valence-corrected chi connectivity index (χ2v) is 16.7. The molecule has 0 N–H and O–H groups in total. The molecule has 6 heteroatoms. The summed E-state index contributed by atoms with van der Waals surface area (Å²) < 4.78 is 31.2. The first-order valence-electron chi connectivity index (χ1n) is 13.7. The van der Waals surface area contributed by atoms with Gasteiger partial charge in [-0.1, -0.05) is 63.2 Å². The molecule has 3 atom stereocenters. The molecule has 0 saturated carbocycles. The summed E-state index contributed by atoms with van der Waals surface area (Å²) in [5, 5.41) is 0.174. The Morgan fingerprint density at radius 2 is 1.62 bits per heavy atom. The number of hydrogen-bond donors (Lipinski definition) is 0. The Kier molecular flexibility index (Phi) is 10.8. The minimum atomic E-state index is -1.88. The fraction of sp³-hybridized carbons (Fsp3) is 0.613. The van der Waals surface area contributed by atoms with E-state index in [1.165, 1.54) is 5.56 Å². The maximum Gasteiger partial charge on any atom is 0.192 e. The lowest BCUT2D eigenvalue weighted by Crippen LogP contribution is -2.45. The van der Waals surface area contributed by atoms with Gasteiger partial charge in [0.2, 0.25) is 0 Å². The Labute approximate surface area is 225 Å². The summed E-state index contributed by atoms with van der Waals surface area (Å²) in [5.41, 5.74) is 1.95. The van der Waals surface area contributed by atoms with Gasteiger partial charge in [0, 0.05) is 6.61 Å². The summed E-state index contributed by atoms with van der Waals surface area (Å²) in [6.07, 6.45) is 3.78. The van der Waals surface area contributed by atoms with Gasteiger partial charge in [-0.05, 0) is 74.0 Å². The Morgan fingerprint density at radius 1 is 0.946 bits per heavy atom. The standard InChI is InChI=1S/C31H48O5Si/c1-30(2,3)37(6,7)36-28-18-19-29(34-23-25-12-9-8-10-13-25)31(4,35-24-28)20-11-21-33-22-26-14-16-27(32-5)17-15-26/h8-10,12-17,28-29H,11,18-24H2,1-7H3/t28?,29-,31+/m1/s1. The zero-order valence-electron chi connectivity index (χ0n) is 24.0. The fourth-order valence-electron chi connectivity index (χ4n) is 4.49. The summed E-state index contributed by atoms with van der Waals surface area (Å²) in [4.78, 5) is 0. The number of ether oxygens (including phenoxy) is 4. The van der Waals surface area contributed by atoms with Crippen LogP contribution in [0.4, 0.5) is 0 Å². The second kappa shape index (κ2) is 13.4. The SMILES string of the molecule is COc1ccc(COCCC[C@]2(C)OCC(O[Si](C)(C)C(C)(C)C)CC[C@H]2OCc2ccccc2)cc1. The predicted molar refractivity (Wildman–Crippen MR) is 153 cm³/mol. The number of hydrogen-bond acceptors (Lipinski definition) is 5. The molecule has 0 amide bonds. The van der Waals surface area contributed by atoms with Gasteiger partial charge >= 0.3 is 0 Å². The Morgan fingerprint density at radius 3 is 2.27 bits per heavy atom. The van der Waals surface area contributed by atoms with Gasteiger partial charge < -0.3 is 23.4 Å². The van der Waals surface area contributed by atoms with E-state index in [0.717, 1.165) is 37.0 Å². The third-order valence-corrected chi connectivity index (χ3v) is 12.5. The van der Waals surface area contributed by atoms with Crippen molar-refractivity contribution in [3.05, 3.63) is 65.7 Å². The third-order valence-electron chi connectivity index (χ3n) is 7.98. The summed E-state index contributed by atoms with van der Waals surface area (Å²) >= 11 is 0. The smallest absolute Gasteiger partial charge is 0.192 e. The highest BCUT2D eigenvalue weighted by Crippen LogP contribution is 2.39. The van der Waals surface area contributed by atoms with Crippen LogP contribution < -0.4 is 4.74 Å². The van der Waals surface area contributed by atoms with Crippen LogP contribution in [0.2, 0.25) is 18.1 Å². The van der Waals surface area contributed by atoms with E-state index in [9.17, 15) is 0 Å². The van der Waals surface area contributed by atoms with E-state index in [4.69, 9.17) is 23.4 Å². The van der Waals surface area contributed by atoms with Gasteiger partial charge in [0.05, 0.1) is 44.7 Å². The van der Waals surface area contributed by atoms with Gasteiger partial charge in [-0.3, -0.25) is 0 Å². The summed E-state index contributed by atoms with van der Waals surface area (Å²) in [7, 11) is -0.197. The van der Waals surface area contributed by atoms with Crippen LogP contribution in [0.15, 0.2) is 54.6 Å². The number of benzene rings is 2. The van der Waals surface area contributed by atoms with Crippen molar-refractivity contribution in [3.8, 4) is 5.75 Å². The molecule has 206 valence electrons. The lowest BCUT2D eigenvalue weighted by Gasteiger charge is -2.39. The molecular formula is C31H48O5Si. The zero-order chi connectivity index (χ0) is 26.9. The normalized spacial score (nSPS) is 23.0. The van der Waals surface area contributed by atoms with Crippen molar-refractivity contribution in [1.82, 2.24) is 0 Å². The topological polar surface area (TPSA) is 46.2 Å². The predicted octanol–water partition coefficient (Wildman–Crippen LogP) is 7.54. The molecule has 1 unspecified atom stereocenters. The molecule has 2 aromatic carbocycles. The van der Waals surface area contributed by atoms with Crippen LogP contribution in [0.25, 0.3) is 0 Å². The minimum Gasteiger partial charge on any atom is -0.497 e. The molecule has 1 heterocycles. The molecule has 1 saturated heterocycles. The highest BCUT2D eigenvalue weighted by molar-refractivity contribution is 6.74. The second-order valence-electron chi connectivity index (χ2n) is 12.0. The maximum atomic E-state index is 6.76. The summed E-state index contributed by atoms with van der Waals surface area (Å²) in [6, 6.07) is 18.4. The minimum absolute atomic E-state index is 0.00214. The summed E-state index contributed by atoms with van der Waals surface area (Å²) in [6.45, 7) is 16.2. The molecule has 0 radical (unpaired) electrons. The van der Waals surface area contributed by atoms with Crippen LogP contribution in [0.1, 0.15) is 64.5 Å². The van der Waals surface area contributed by atoms with Crippen LogP contribution in [0, 0.1) is 0 Å². The Balaban J connectivity index is 1.59. The first-order valence-corrected chi connectivity index (χ1v) is 16.6. The molecule has 0 aliphatic carbocycles. The molecule has 5 nitrogen and oxygen atoms in total. The molecule has 2 aromatic rings. The van der Waals surface area contributed by atoms with E-state index in [1.807, 2.05) is 30.3 Å². The number of methoxy groups -OCH3 is 1. The van der Waals surface area contributed by atoms with Crippen LogP contribution in [0.5, 0.6) is 5.75 Å². The molecule has 1 fully saturated rings. The quantitative estimate of drug-likeness (QED) is 0.210. The van der Waals surface area contributed by atoms with Crippen molar-refractivity contribution in [2.75, 3.05) is 20.3 Å². The fourth-order valence-corrected chi connectivity index (χ4v) is 5.86. The maximum absolute atomic E-state index is 6.76. The van der Waals surface area contributed by atoms with E-state index in [0.29, 0.717) is 26.4 Å². The van der Waals surface area contributed by atoms with Crippen molar-refractivity contribution in [3.63, 3.8) is 0 Å². The van der Waals surface area contributed by atoms with Crippen molar-refractivity contribution in [1.29, 1.82) is 0 Å². The van der Waals surface area contributed by atoms with Crippen molar-refractivity contribution in [2.24, 2.45) is 0 Å². The van der Waals surface area contributed by atoms with Gasteiger partial charge in [-0.15, -0.1) is 0 Å². The Hall–Kier alpha value is -1.70. The van der Waals surface area contributed by atoms with Crippen LogP contribution in [-0.4, -0.2) is 46.4 Å². The van der Waals surface area contributed by atoms with E-state index < -0.39 is 8.32 Å². The van der Waals surface area contributed by atoms with Crippen molar-refractivity contribution in [2.45, 2.75) is 103 Å². The van der Waals surface area contributed by atoms with Gasteiger partial charge in [0.15, 0.2) is 8.32 Å². The molecular weight excluding hydrogens is 480 g/mol. The van der Waals surface area contributed by atoms with Crippen molar-refractivity contribution < 1.29 is 23.4 Å². The zero-order valence-corrected chi connectivity index (χ0v) is 25.0. The molecule has 0 spiro atoms. The van der Waals surface area contributed by atoms with Crippen LogP contribution >= 0.6 is 0 Å². The van der Waals surface area contributed by atoms with Crippen LogP contribution in [0.3, 0.4) is 0 Å². The molecule has 0 aromatic heterocycles. The lowest BCUT2D eigenvalue weighted by molar-refractivity contribution is -0.145. The van der Waals surface area contributed by atoms with Gasteiger partial charge in [0.1, 0.15) is 5.75 Å². The van der Waals surface area contributed by atoms with E-state index >= 15 is 0 Å². The highest BCUT2D eigenvalue weighted by Gasteiger charge is 2.43. The number of rotatable bonds is 12. The summed E-state index contributed by atoms with van der Waals surface area (Å²) in [5.74, 6) is 0.861. The molecule has 37 heavy (non-hydrogen) atoms. The molecule has 3 rings (SSSR count).